The molecule has 0 aliphatic carbocycles. The second kappa shape index (κ2) is 8.11. The van der Waals surface area contributed by atoms with Gasteiger partial charge >= 0.3 is 7.05 Å². The summed E-state index contributed by atoms with van der Waals surface area (Å²) in [6.07, 6.45) is 2.42. The molecule has 2 nitrogen and oxygen atoms in total. The molecule has 0 radical (unpaired) electrons. The minimum Gasteiger partial charge on any atom is -0.368 e. The molecule has 4 aromatic rings. The van der Waals surface area contributed by atoms with Crippen LogP contribution in [0.5, 0.6) is 0 Å². The number of nitrogens with one attached hydrogen (secondary N) is 1. The first kappa shape index (κ1) is 21.6. The van der Waals surface area contributed by atoms with Crippen molar-refractivity contribution in [2.45, 2.75) is 52.2 Å². The van der Waals surface area contributed by atoms with Crippen molar-refractivity contribution < 1.29 is 9.47 Å². The van der Waals surface area contributed by atoms with Crippen LogP contribution >= 0.6 is 0 Å². The quantitative estimate of drug-likeness (QED) is 0.447. The molecule has 2 saturated heterocycles. The third-order valence-corrected chi connectivity index (χ3v) is 7.94. The van der Waals surface area contributed by atoms with Crippen molar-refractivity contribution in [3.05, 3.63) is 112 Å². The lowest BCUT2D eigenvalue weighted by Gasteiger charge is -2.34. The van der Waals surface area contributed by atoms with Crippen LogP contribution in [0, 0.1) is 27.7 Å². The van der Waals surface area contributed by atoms with Gasteiger partial charge in [0.05, 0.1) is 6.54 Å². The molecule has 170 valence electrons. The molecule has 2 unspecified atom stereocenters. The van der Waals surface area contributed by atoms with Gasteiger partial charge in [-0.3, -0.25) is 0 Å². The van der Waals surface area contributed by atoms with E-state index >= 15 is 0 Å². The highest BCUT2D eigenvalue weighted by molar-refractivity contribution is 6.63. The molecule has 4 aromatic carbocycles. The Morgan fingerprint density at radius 2 is 1.35 bits per heavy atom. The van der Waals surface area contributed by atoms with E-state index in [4.69, 9.17) is 4.65 Å². The van der Waals surface area contributed by atoms with Crippen LogP contribution in [-0.2, 0) is 10.3 Å². The minimum absolute atomic E-state index is 0.0141. The third kappa shape index (κ3) is 3.33. The van der Waals surface area contributed by atoms with Crippen LogP contribution < -0.4 is 10.3 Å². The zero-order valence-electron chi connectivity index (χ0n) is 20.7. The molecule has 34 heavy (non-hydrogen) atoms. The maximum atomic E-state index is 7.47. The summed E-state index contributed by atoms with van der Waals surface area (Å²) in [5.41, 5.74) is 8.68. The summed E-state index contributed by atoms with van der Waals surface area (Å²) in [6.45, 7) is 9.99. The van der Waals surface area contributed by atoms with Crippen LogP contribution in [0.2, 0.25) is 0 Å². The highest BCUT2D eigenvalue weighted by atomic mass is 16.5. The Morgan fingerprint density at radius 3 is 2.00 bits per heavy atom. The second-order valence-corrected chi connectivity index (χ2v) is 10.6. The van der Waals surface area contributed by atoms with Crippen LogP contribution in [-0.4, -0.2) is 19.6 Å². The molecule has 0 spiro atoms. The van der Waals surface area contributed by atoms with E-state index in [1.807, 2.05) is 0 Å². The number of hydrogen-bond acceptors (Lipinski definition) is 1. The standard InChI is InChI=1S/C31H32BNO/c1-21-15-22(2)18-26(17-21)31(27-19-23(3)16-24(4)20-27)30-13-8-14-33(30)32(34-31)29-12-7-10-25-9-5-6-11-28(25)29/h5-7,9-12,15-20,30H,8,13-14H2,1-4H3/p+1. The summed E-state index contributed by atoms with van der Waals surface area (Å²) in [6, 6.07) is 29.8. The summed E-state index contributed by atoms with van der Waals surface area (Å²) >= 11 is 0. The van der Waals surface area contributed by atoms with E-state index in [9.17, 15) is 0 Å². The molecule has 0 saturated carbocycles. The van der Waals surface area contributed by atoms with Crippen LogP contribution in [0.1, 0.15) is 46.2 Å². The van der Waals surface area contributed by atoms with Crippen molar-refractivity contribution in [2.75, 3.05) is 6.54 Å². The number of rotatable bonds is 3. The van der Waals surface area contributed by atoms with E-state index in [0.717, 1.165) is 6.54 Å². The van der Waals surface area contributed by atoms with Gasteiger partial charge in [-0.05, 0) is 49.6 Å². The van der Waals surface area contributed by atoms with Gasteiger partial charge in [0.25, 0.3) is 0 Å². The Hall–Kier alpha value is -2.88. The molecule has 2 fully saturated rings. The molecule has 0 amide bonds. The molecule has 1 N–H and O–H groups in total. The van der Waals surface area contributed by atoms with E-state index in [-0.39, 0.29) is 7.05 Å². The van der Waals surface area contributed by atoms with Crippen molar-refractivity contribution in [2.24, 2.45) is 0 Å². The predicted molar refractivity (Wildman–Crippen MR) is 142 cm³/mol. The number of hydrogen-bond donors (Lipinski definition) is 1. The second-order valence-electron chi connectivity index (χ2n) is 10.6. The van der Waals surface area contributed by atoms with Crippen LogP contribution in [0.25, 0.3) is 10.8 Å². The topological polar surface area (TPSA) is 13.7 Å². The SMILES string of the molecule is Cc1cc(C)cc(C2(c3cc(C)cc(C)c3)OB(c3cccc4ccccc34)[NH+]3CCCC32)c1. The highest BCUT2D eigenvalue weighted by Gasteiger charge is 2.64. The maximum absolute atomic E-state index is 7.47. The summed E-state index contributed by atoms with van der Waals surface area (Å²) in [5.74, 6) is 0. The first-order valence-electron chi connectivity index (χ1n) is 12.6. The van der Waals surface area contributed by atoms with Gasteiger partial charge < -0.3 is 9.47 Å². The number of fused-ring (bicyclic) bond motifs is 2. The van der Waals surface area contributed by atoms with Crippen molar-refractivity contribution in [1.29, 1.82) is 0 Å². The highest BCUT2D eigenvalue weighted by Crippen LogP contribution is 2.43. The van der Waals surface area contributed by atoms with Crippen LogP contribution in [0.4, 0.5) is 0 Å². The normalized spacial score (nSPS) is 21.2. The summed E-state index contributed by atoms with van der Waals surface area (Å²) in [5, 5.41) is 2.60. The average Bonchev–Trinajstić information content (AvgIpc) is 3.40. The fraction of sp³-hybridized carbons (Fsp3) is 0.290. The van der Waals surface area contributed by atoms with Crippen LogP contribution in [0.15, 0.2) is 78.9 Å². The molecule has 3 heteroatoms. The van der Waals surface area contributed by atoms with Crippen molar-refractivity contribution in [3.8, 4) is 0 Å². The van der Waals surface area contributed by atoms with Crippen molar-refractivity contribution in [3.63, 3.8) is 0 Å². The summed E-state index contributed by atoms with van der Waals surface area (Å²) in [4.78, 5) is 1.58. The van der Waals surface area contributed by atoms with E-state index in [2.05, 4.69) is 107 Å². The van der Waals surface area contributed by atoms with Crippen LogP contribution in [0.3, 0.4) is 0 Å². The van der Waals surface area contributed by atoms with Gasteiger partial charge in [0.2, 0.25) is 0 Å². The Kier molecular flexibility index (Phi) is 5.16. The molecule has 0 bridgehead atoms. The zero-order valence-corrected chi connectivity index (χ0v) is 20.7. The lowest BCUT2D eigenvalue weighted by Crippen LogP contribution is -3.19. The van der Waals surface area contributed by atoms with Gasteiger partial charge in [0, 0.05) is 18.3 Å². The largest absolute Gasteiger partial charge is 0.611 e. The molecule has 2 heterocycles. The number of benzene rings is 4. The van der Waals surface area contributed by atoms with Crippen molar-refractivity contribution in [1.82, 2.24) is 0 Å². The Morgan fingerprint density at radius 1 is 0.765 bits per heavy atom. The first-order valence-corrected chi connectivity index (χ1v) is 12.6. The Bertz CT molecular complexity index is 1300. The maximum Gasteiger partial charge on any atom is 0.611 e. The fourth-order valence-corrected chi connectivity index (χ4v) is 6.82. The molecular weight excluding hydrogens is 413 g/mol. The van der Waals surface area contributed by atoms with E-state index < -0.39 is 5.60 Å². The molecule has 0 aromatic heterocycles. The lowest BCUT2D eigenvalue weighted by molar-refractivity contribution is -0.799. The smallest absolute Gasteiger partial charge is 0.368 e. The number of quaternary nitrogens is 1. The van der Waals surface area contributed by atoms with Gasteiger partial charge in [-0.15, -0.1) is 0 Å². The van der Waals surface area contributed by atoms with Crippen molar-refractivity contribution >= 4 is 23.3 Å². The third-order valence-electron chi connectivity index (χ3n) is 7.94. The van der Waals surface area contributed by atoms with E-state index in [1.165, 1.54) is 62.5 Å². The Labute approximate surface area is 203 Å². The van der Waals surface area contributed by atoms with Gasteiger partial charge in [-0.25, -0.2) is 0 Å². The molecular formula is C31H33BNO+. The van der Waals surface area contributed by atoms with Gasteiger partial charge in [-0.1, -0.05) is 101 Å². The molecule has 6 rings (SSSR count). The predicted octanol–water partition coefficient (Wildman–Crippen LogP) is 4.79. The van der Waals surface area contributed by atoms with Gasteiger partial charge in [-0.2, -0.15) is 0 Å². The summed E-state index contributed by atoms with van der Waals surface area (Å²) in [7, 11) is 0.0141. The average molecular weight is 446 g/mol. The molecule has 2 aliphatic heterocycles. The molecule has 2 aliphatic rings. The molecule has 2 atom stereocenters. The first-order chi connectivity index (χ1) is 16.5. The zero-order chi connectivity index (χ0) is 23.4. The minimum atomic E-state index is -0.457. The lowest BCUT2D eigenvalue weighted by atomic mass is 9.70. The van der Waals surface area contributed by atoms with Gasteiger partial charge in [0.1, 0.15) is 6.04 Å². The van der Waals surface area contributed by atoms with E-state index in [0.29, 0.717) is 6.04 Å². The summed E-state index contributed by atoms with van der Waals surface area (Å²) < 4.78 is 7.47. The fourth-order valence-electron chi connectivity index (χ4n) is 6.82. The number of aryl methyl sites for hydroxylation is 4. The Balaban J connectivity index is 1.61. The monoisotopic (exact) mass is 446 g/mol. The van der Waals surface area contributed by atoms with Gasteiger partial charge in [0.15, 0.2) is 5.60 Å². The van der Waals surface area contributed by atoms with E-state index in [1.54, 1.807) is 4.81 Å².